The molecule has 1 aliphatic heterocycles. The van der Waals surface area contributed by atoms with E-state index in [0.29, 0.717) is 52.9 Å². The Morgan fingerprint density at radius 3 is 2.78 bits per heavy atom. The molecule has 5 rings (SSSR count). The number of thiophene rings is 1. The van der Waals surface area contributed by atoms with Crippen LogP contribution in [0.2, 0.25) is 0 Å². The standard InChI is InChI=1S/C22H27N5O3S2/c1-22(2,3)14-6-7-15-13(9-14)10-16(32-15)20-25-24-18(29-20)12-31-21-26-23-17(30-21)11-27-8-4-5-19(27)28/h10,14H,4-9,11-12H2,1-3H3. The second-order valence-corrected chi connectivity index (χ2v) is 11.6. The summed E-state index contributed by atoms with van der Waals surface area (Å²) >= 11 is 3.13. The predicted octanol–water partition coefficient (Wildman–Crippen LogP) is 4.75. The minimum atomic E-state index is 0.139. The van der Waals surface area contributed by atoms with Gasteiger partial charge in [-0.05, 0) is 48.6 Å². The van der Waals surface area contributed by atoms with Crippen LogP contribution >= 0.6 is 23.1 Å². The van der Waals surface area contributed by atoms with Crippen molar-refractivity contribution in [1.29, 1.82) is 0 Å². The van der Waals surface area contributed by atoms with Gasteiger partial charge in [-0.25, -0.2) is 0 Å². The number of carbonyl (C=O) groups is 1. The molecular weight excluding hydrogens is 446 g/mol. The number of hydrogen-bond acceptors (Lipinski definition) is 9. The summed E-state index contributed by atoms with van der Waals surface area (Å²) in [5.41, 5.74) is 1.76. The number of hydrogen-bond donors (Lipinski definition) is 0. The van der Waals surface area contributed by atoms with Crippen LogP contribution in [0.15, 0.2) is 20.1 Å². The summed E-state index contributed by atoms with van der Waals surface area (Å²) < 4.78 is 11.6. The molecule has 1 saturated heterocycles. The summed E-state index contributed by atoms with van der Waals surface area (Å²) in [6, 6.07) is 2.23. The lowest BCUT2D eigenvalue weighted by Gasteiger charge is -2.33. The van der Waals surface area contributed by atoms with Crippen molar-refractivity contribution in [3.63, 3.8) is 0 Å². The fourth-order valence-corrected chi connectivity index (χ4v) is 6.05. The zero-order valence-corrected chi connectivity index (χ0v) is 20.2. The maximum Gasteiger partial charge on any atom is 0.277 e. The fourth-order valence-electron chi connectivity index (χ4n) is 4.30. The summed E-state index contributed by atoms with van der Waals surface area (Å²) in [7, 11) is 0. The zero-order valence-electron chi connectivity index (χ0n) is 18.6. The third kappa shape index (κ3) is 4.61. The molecule has 0 bridgehead atoms. The summed E-state index contributed by atoms with van der Waals surface area (Å²) in [5, 5.41) is 17.0. The van der Waals surface area contributed by atoms with Crippen molar-refractivity contribution < 1.29 is 13.6 Å². The third-order valence-electron chi connectivity index (χ3n) is 6.25. The van der Waals surface area contributed by atoms with Crippen molar-refractivity contribution in [3.05, 3.63) is 28.3 Å². The monoisotopic (exact) mass is 473 g/mol. The van der Waals surface area contributed by atoms with Gasteiger partial charge in [0.15, 0.2) is 0 Å². The average molecular weight is 474 g/mol. The van der Waals surface area contributed by atoms with Crippen molar-refractivity contribution in [1.82, 2.24) is 25.3 Å². The quantitative estimate of drug-likeness (QED) is 0.473. The van der Waals surface area contributed by atoms with Gasteiger partial charge in [0.2, 0.25) is 17.7 Å². The van der Waals surface area contributed by atoms with Gasteiger partial charge >= 0.3 is 0 Å². The maximum absolute atomic E-state index is 11.7. The largest absolute Gasteiger partial charge is 0.419 e. The van der Waals surface area contributed by atoms with Gasteiger partial charge < -0.3 is 13.7 Å². The molecule has 0 aromatic carbocycles. The Kier molecular flexibility index (Phi) is 5.83. The van der Waals surface area contributed by atoms with Crippen molar-refractivity contribution in [3.8, 4) is 10.8 Å². The van der Waals surface area contributed by atoms with E-state index in [1.807, 2.05) is 0 Å². The van der Waals surface area contributed by atoms with Gasteiger partial charge in [-0.2, -0.15) is 0 Å². The molecule has 32 heavy (non-hydrogen) atoms. The molecule has 0 saturated carbocycles. The van der Waals surface area contributed by atoms with E-state index in [9.17, 15) is 4.79 Å². The van der Waals surface area contributed by atoms with Gasteiger partial charge in [-0.1, -0.05) is 32.5 Å². The highest BCUT2D eigenvalue weighted by Gasteiger charge is 2.30. The minimum Gasteiger partial charge on any atom is -0.419 e. The van der Waals surface area contributed by atoms with Crippen molar-refractivity contribution in [2.75, 3.05) is 6.54 Å². The molecule has 1 atom stereocenters. The number of carbonyl (C=O) groups excluding carboxylic acids is 1. The molecule has 1 fully saturated rings. The Morgan fingerprint density at radius 1 is 1.16 bits per heavy atom. The Morgan fingerprint density at radius 2 is 2.00 bits per heavy atom. The second kappa shape index (κ2) is 8.62. The van der Waals surface area contributed by atoms with Crippen LogP contribution in [-0.2, 0) is 29.9 Å². The first-order chi connectivity index (χ1) is 15.3. The second-order valence-electron chi connectivity index (χ2n) is 9.53. The number of rotatable bonds is 6. The highest BCUT2D eigenvalue weighted by atomic mass is 32.2. The molecule has 0 spiro atoms. The van der Waals surface area contributed by atoms with Gasteiger partial charge in [-0.15, -0.1) is 31.7 Å². The first-order valence-electron chi connectivity index (χ1n) is 11.0. The molecule has 0 N–H and O–H groups in total. The van der Waals surface area contributed by atoms with Crippen LogP contribution in [0.25, 0.3) is 10.8 Å². The van der Waals surface area contributed by atoms with E-state index in [0.717, 1.165) is 30.7 Å². The molecule has 1 unspecified atom stereocenters. The normalized spacial score (nSPS) is 19.0. The van der Waals surface area contributed by atoms with E-state index in [4.69, 9.17) is 8.83 Å². The molecule has 3 aromatic heterocycles. The predicted molar refractivity (Wildman–Crippen MR) is 121 cm³/mol. The zero-order chi connectivity index (χ0) is 22.3. The Bertz CT molecular complexity index is 1110. The van der Waals surface area contributed by atoms with Gasteiger partial charge in [0.25, 0.3) is 11.1 Å². The van der Waals surface area contributed by atoms with Crippen LogP contribution < -0.4 is 0 Å². The number of nitrogens with zero attached hydrogens (tertiary/aromatic N) is 5. The van der Waals surface area contributed by atoms with Crippen LogP contribution in [0.4, 0.5) is 0 Å². The maximum atomic E-state index is 11.7. The first-order valence-corrected chi connectivity index (χ1v) is 12.8. The van der Waals surface area contributed by atoms with Crippen molar-refractivity contribution in [2.24, 2.45) is 11.3 Å². The Hall–Kier alpha value is -2.20. The van der Waals surface area contributed by atoms with E-state index >= 15 is 0 Å². The summed E-state index contributed by atoms with van der Waals surface area (Å²) in [5.74, 6) is 2.85. The smallest absolute Gasteiger partial charge is 0.277 e. The molecule has 8 nitrogen and oxygen atoms in total. The first kappa shape index (κ1) is 21.6. The number of likely N-dealkylation sites (tertiary alicyclic amines) is 1. The van der Waals surface area contributed by atoms with Crippen LogP contribution in [-0.4, -0.2) is 37.7 Å². The number of fused-ring (bicyclic) bond motifs is 1. The van der Waals surface area contributed by atoms with E-state index in [2.05, 4.69) is 47.2 Å². The summed E-state index contributed by atoms with van der Waals surface area (Å²) in [6.45, 7) is 8.11. The molecule has 170 valence electrons. The third-order valence-corrected chi connectivity index (χ3v) is 8.28. The summed E-state index contributed by atoms with van der Waals surface area (Å²) in [4.78, 5) is 16.0. The SMILES string of the molecule is CC(C)(C)C1CCc2sc(-c3nnc(CSc4nnc(CN5CCCC5=O)o4)o3)cc2C1. The van der Waals surface area contributed by atoms with Crippen LogP contribution in [0.1, 0.15) is 62.3 Å². The van der Waals surface area contributed by atoms with Crippen molar-refractivity contribution >= 4 is 29.0 Å². The average Bonchev–Trinajstić information content (AvgIpc) is 3.53. The lowest BCUT2D eigenvalue weighted by Crippen LogP contribution is -2.26. The van der Waals surface area contributed by atoms with Crippen LogP contribution in [0.3, 0.4) is 0 Å². The lowest BCUT2D eigenvalue weighted by atomic mass is 9.72. The Balaban J connectivity index is 1.19. The molecule has 2 aliphatic rings. The van der Waals surface area contributed by atoms with E-state index in [-0.39, 0.29) is 5.91 Å². The van der Waals surface area contributed by atoms with Gasteiger partial charge in [-0.3, -0.25) is 4.79 Å². The van der Waals surface area contributed by atoms with E-state index in [1.54, 1.807) is 16.2 Å². The van der Waals surface area contributed by atoms with Crippen LogP contribution in [0.5, 0.6) is 0 Å². The van der Waals surface area contributed by atoms with Crippen LogP contribution in [0, 0.1) is 11.3 Å². The molecule has 1 amide bonds. The molecule has 4 heterocycles. The number of amides is 1. The van der Waals surface area contributed by atoms with Gasteiger partial charge in [0.05, 0.1) is 17.2 Å². The molecule has 1 aliphatic carbocycles. The minimum absolute atomic E-state index is 0.139. The number of aryl methyl sites for hydroxylation is 1. The van der Waals surface area contributed by atoms with Gasteiger partial charge in [0.1, 0.15) is 0 Å². The van der Waals surface area contributed by atoms with Gasteiger partial charge in [0, 0.05) is 17.8 Å². The molecule has 0 radical (unpaired) electrons. The topological polar surface area (TPSA) is 98.2 Å². The number of thioether (sulfide) groups is 1. The number of aromatic nitrogens is 4. The summed E-state index contributed by atoms with van der Waals surface area (Å²) in [6.07, 6.45) is 4.97. The fraction of sp³-hybridized carbons (Fsp3) is 0.591. The molecule has 10 heteroatoms. The molecular formula is C22H27N5O3S2. The highest BCUT2D eigenvalue weighted by Crippen LogP contribution is 2.42. The van der Waals surface area contributed by atoms with E-state index < -0.39 is 0 Å². The van der Waals surface area contributed by atoms with E-state index in [1.165, 1.54) is 28.6 Å². The molecule has 3 aromatic rings. The lowest BCUT2D eigenvalue weighted by molar-refractivity contribution is -0.128. The Labute approximate surface area is 195 Å². The van der Waals surface area contributed by atoms with Crippen molar-refractivity contribution in [2.45, 2.75) is 70.4 Å². The highest BCUT2D eigenvalue weighted by molar-refractivity contribution is 7.98.